The van der Waals surface area contributed by atoms with E-state index in [0.29, 0.717) is 13.2 Å². The van der Waals surface area contributed by atoms with Crippen LogP contribution in [0.5, 0.6) is 11.5 Å². The van der Waals surface area contributed by atoms with Gasteiger partial charge in [-0.1, -0.05) is 19.8 Å². The van der Waals surface area contributed by atoms with Gasteiger partial charge >= 0.3 is 6.03 Å². The molecule has 1 aromatic rings. The van der Waals surface area contributed by atoms with Crippen LogP contribution in [0, 0.1) is 5.92 Å². The van der Waals surface area contributed by atoms with E-state index >= 15 is 0 Å². The number of carbonyl (C=O) groups is 2. The van der Waals surface area contributed by atoms with Crippen LogP contribution in [0.4, 0.5) is 4.79 Å². The molecular formula is C20H29N3O4. The number of ether oxygens (including phenoxy) is 2. The Hall–Kier alpha value is -2.28. The van der Waals surface area contributed by atoms with Crippen LogP contribution in [-0.2, 0) is 4.79 Å². The molecule has 1 saturated heterocycles. The van der Waals surface area contributed by atoms with E-state index in [9.17, 15) is 9.59 Å². The number of hydrogen-bond acceptors (Lipinski definition) is 5. The van der Waals surface area contributed by atoms with Gasteiger partial charge in [-0.05, 0) is 50.1 Å². The Bertz CT molecular complexity index is 678. The van der Waals surface area contributed by atoms with Crippen molar-refractivity contribution in [1.82, 2.24) is 15.1 Å². The molecule has 1 heterocycles. The molecule has 1 aliphatic heterocycles. The van der Waals surface area contributed by atoms with Crippen LogP contribution in [0.15, 0.2) is 24.3 Å². The van der Waals surface area contributed by atoms with Crippen molar-refractivity contribution >= 4 is 11.9 Å². The van der Waals surface area contributed by atoms with Crippen LogP contribution in [-0.4, -0.2) is 61.3 Å². The maximum Gasteiger partial charge on any atom is 0.326 e. The molecule has 1 N–H and O–H groups in total. The minimum Gasteiger partial charge on any atom is -0.497 e. The number of likely N-dealkylation sites (N-methyl/N-ethyl adjacent to an activating group) is 1. The van der Waals surface area contributed by atoms with Gasteiger partial charge < -0.3 is 14.8 Å². The third-order valence-electron chi connectivity index (χ3n) is 5.69. The predicted octanol–water partition coefficient (Wildman–Crippen LogP) is 2.46. The Labute approximate surface area is 160 Å². The summed E-state index contributed by atoms with van der Waals surface area (Å²) in [7, 11) is 3.51. The van der Waals surface area contributed by atoms with Crippen LogP contribution in [0.1, 0.15) is 32.6 Å². The van der Waals surface area contributed by atoms with Gasteiger partial charge in [-0.15, -0.1) is 0 Å². The maximum absolute atomic E-state index is 13.0. The highest BCUT2D eigenvalue weighted by atomic mass is 16.5. The first-order chi connectivity index (χ1) is 13.0. The lowest BCUT2D eigenvalue weighted by Crippen LogP contribution is -2.54. The van der Waals surface area contributed by atoms with Gasteiger partial charge in [-0.2, -0.15) is 0 Å². The van der Waals surface area contributed by atoms with Crippen LogP contribution in [0.25, 0.3) is 0 Å². The molecule has 1 aliphatic carbocycles. The van der Waals surface area contributed by atoms with Crippen LogP contribution in [0.2, 0.25) is 0 Å². The zero-order chi connectivity index (χ0) is 19.4. The smallest absolute Gasteiger partial charge is 0.326 e. The van der Waals surface area contributed by atoms with E-state index in [1.54, 1.807) is 7.11 Å². The lowest BCUT2D eigenvalue weighted by Gasteiger charge is -2.37. The Morgan fingerprint density at radius 2 is 1.93 bits per heavy atom. The number of hydrogen-bond donors (Lipinski definition) is 1. The van der Waals surface area contributed by atoms with E-state index in [4.69, 9.17) is 9.47 Å². The van der Waals surface area contributed by atoms with Crippen molar-refractivity contribution in [3.63, 3.8) is 0 Å². The molecule has 0 aromatic heterocycles. The van der Waals surface area contributed by atoms with Gasteiger partial charge in [0.25, 0.3) is 5.91 Å². The van der Waals surface area contributed by atoms with E-state index in [-0.39, 0.29) is 24.5 Å². The topological polar surface area (TPSA) is 71.1 Å². The normalized spacial score (nSPS) is 25.2. The first-order valence-electron chi connectivity index (χ1n) is 9.56. The molecule has 148 valence electrons. The maximum atomic E-state index is 13.0. The zero-order valence-electron chi connectivity index (χ0n) is 16.4. The summed E-state index contributed by atoms with van der Waals surface area (Å²) in [5.74, 6) is 1.64. The fraction of sp³-hybridized carbons (Fsp3) is 0.600. The van der Waals surface area contributed by atoms with E-state index in [1.165, 1.54) is 4.90 Å². The van der Waals surface area contributed by atoms with Crippen LogP contribution in [0.3, 0.4) is 0 Å². The molecule has 1 aromatic carbocycles. The summed E-state index contributed by atoms with van der Waals surface area (Å²) < 4.78 is 10.8. The van der Waals surface area contributed by atoms with E-state index in [2.05, 4.69) is 12.2 Å². The second kappa shape index (κ2) is 8.17. The number of methoxy groups -OCH3 is 1. The van der Waals surface area contributed by atoms with Crippen molar-refractivity contribution in [3.05, 3.63) is 24.3 Å². The Balaban J connectivity index is 1.50. The fourth-order valence-electron chi connectivity index (χ4n) is 3.93. The van der Waals surface area contributed by atoms with Gasteiger partial charge in [0, 0.05) is 6.54 Å². The van der Waals surface area contributed by atoms with Crippen molar-refractivity contribution in [1.29, 1.82) is 0 Å². The monoisotopic (exact) mass is 375 g/mol. The molecule has 2 atom stereocenters. The first kappa shape index (κ1) is 19.5. The number of benzene rings is 1. The van der Waals surface area contributed by atoms with Gasteiger partial charge in [0.2, 0.25) is 0 Å². The molecule has 3 rings (SSSR count). The van der Waals surface area contributed by atoms with Gasteiger partial charge in [0.1, 0.15) is 23.6 Å². The van der Waals surface area contributed by atoms with Crippen molar-refractivity contribution in [2.45, 2.75) is 38.1 Å². The molecule has 2 fully saturated rings. The van der Waals surface area contributed by atoms with Crippen molar-refractivity contribution in [2.75, 3.05) is 34.0 Å². The van der Waals surface area contributed by atoms with Gasteiger partial charge in [-0.25, -0.2) is 9.69 Å². The van der Waals surface area contributed by atoms with Gasteiger partial charge in [0.05, 0.1) is 13.8 Å². The average Bonchev–Trinajstić information content (AvgIpc) is 2.90. The highest BCUT2D eigenvalue weighted by Crippen LogP contribution is 2.38. The number of imide groups is 1. The number of urea groups is 1. The fourth-order valence-corrected chi connectivity index (χ4v) is 3.93. The molecule has 1 saturated carbocycles. The van der Waals surface area contributed by atoms with E-state index in [1.807, 2.05) is 36.2 Å². The summed E-state index contributed by atoms with van der Waals surface area (Å²) in [5, 5.41) is 2.98. The average molecular weight is 375 g/mol. The van der Waals surface area contributed by atoms with Crippen LogP contribution >= 0.6 is 0 Å². The second-order valence-corrected chi connectivity index (χ2v) is 7.53. The molecular weight excluding hydrogens is 346 g/mol. The summed E-state index contributed by atoms with van der Waals surface area (Å²) >= 11 is 0. The summed E-state index contributed by atoms with van der Waals surface area (Å²) in [6.07, 6.45) is 3.81. The predicted molar refractivity (Wildman–Crippen MR) is 102 cm³/mol. The molecule has 7 nitrogen and oxygen atoms in total. The first-order valence-corrected chi connectivity index (χ1v) is 9.56. The molecule has 0 radical (unpaired) electrons. The molecule has 27 heavy (non-hydrogen) atoms. The SMILES string of the molecule is COc1ccc(OCCN(C)CN2C(=O)NC3(CCCCC3C)C2=O)cc1. The molecule has 2 aliphatic rings. The lowest BCUT2D eigenvalue weighted by molar-refractivity contribution is -0.135. The van der Waals surface area contributed by atoms with Crippen LogP contribution < -0.4 is 14.8 Å². The highest BCUT2D eigenvalue weighted by Gasteiger charge is 2.54. The minimum atomic E-state index is -0.699. The molecule has 0 bridgehead atoms. The summed E-state index contributed by atoms with van der Waals surface area (Å²) in [5.41, 5.74) is -0.699. The van der Waals surface area contributed by atoms with E-state index < -0.39 is 5.54 Å². The largest absolute Gasteiger partial charge is 0.497 e. The number of carbonyl (C=O) groups excluding carboxylic acids is 2. The summed E-state index contributed by atoms with van der Waals surface area (Å²) in [6.45, 7) is 3.40. The third-order valence-corrected chi connectivity index (χ3v) is 5.69. The summed E-state index contributed by atoms with van der Waals surface area (Å²) in [4.78, 5) is 28.7. The zero-order valence-corrected chi connectivity index (χ0v) is 16.4. The summed E-state index contributed by atoms with van der Waals surface area (Å²) in [6, 6.07) is 7.11. The third kappa shape index (κ3) is 4.03. The van der Waals surface area contributed by atoms with Crippen molar-refractivity contribution < 1.29 is 19.1 Å². The molecule has 3 amide bonds. The molecule has 7 heteroatoms. The quantitative estimate of drug-likeness (QED) is 0.742. The second-order valence-electron chi connectivity index (χ2n) is 7.53. The van der Waals surface area contributed by atoms with Gasteiger partial charge in [0.15, 0.2) is 0 Å². The Morgan fingerprint density at radius 3 is 2.59 bits per heavy atom. The molecule has 1 spiro atoms. The van der Waals surface area contributed by atoms with Crippen molar-refractivity contribution in [2.24, 2.45) is 5.92 Å². The number of nitrogens with one attached hydrogen (secondary N) is 1. The number of rotatable bonds is 7. The number of amides is 3. The minimum absolute atomic E-state index is 0.0809. The standard InChI is InChI=1S/C20H29N3O4/c1-15-6-4-5-11-20(15)18(24)23(19(25)21-20)14-22(2)12-13-27-17-9-7-16(26-3)8-10-17/h7-10,15H,4-6,11-14H2,1-3H3,(H,21,25). The highest BCUT2D eigenvalue weighted by molar-refractivity contribution is 6.07. The Morgan fingerprint density at radius 1 is 1.22 bits per heavy atom. The van der Waals surface area contributed by atoms with Crippen molar-refractivity contribution in [3.8, 4) is 11.5 Å². The molecule has 2 unspecified atom stereocenters. The number of nitrogens with zero attached hydrogens (tertiary/aromatic N) is 2. The van der Waals surface area contributed by atoms with E-state index in [0.717, 1.165) is 37.2 Å². The Kier molecular flexibility index (Phi) is 5.89. The van der Waals surface area contributed by atoms with Gasteiger partial charge in [-0.3, -0.25) is 9.69 Å². The lowest BCUT2D eigenvalue weighted by atomic mass is 9.73.